The van der Waals surface area contributed by atoms with Crippen LogP contribution in [0.5, 0.6) is 0 Å². The monoisotopic (exact) mass is 410 g/mol. The van der Waals surface area contributed by atoms with Crippen molar-refractivity contribution >= 4 is 22.5 Å². The Balaban J connectivity index is 1.50. The number of aromatic nitrogens is 1. The average Bonchev–Trinajstić information content (AvgIpc) is 2.77. The summed E-state index contributed by atoms with van der Waals surface area (Å²) in [6, 6.07) is 15.7. The normalized spacial score (nSPS) is 14.6. The van der Waals surface area contributed by atoms with E-state index in [0.29, 0.717) is 31.9 Å². The first-order valence-electron chi connectivity index (χ1n) is 9.38. The van der Waals surface area contributed by atoms with E-state index in [9.17, 15) is 23.2 Å². The van der Waals surface area contributed by atoms with Crippen LogP contribution in [0.15, 0.2) is 54.6 Å². The highest BCUT2D eigenvalue weighted by Gasteiger charge is 2.31. The van der Waals surface area contributed by atoms with Crippen molar-refractivity contribution in [1.29, 1.82) is 5.26 Å². The Morgan fingerprint density at radius 3 is 2.30 bits per heavy atom. The molecule has 5 nitrogen and oxygen atoms in total. The largest absolute Gasteiger partial charge is 0.416 e. The van der Waals surface area contributed by atoms with E-state index in [0.717, 1.165) is 28.7 Å². The fourth-order valence-corrected chi connectivity index (χ4v) is 3.61. The molecule has 0 bridgehead atoms. The zero-order valence-corrected chi connectivity index (χ0v) is 15.9. The molecule has 0 saturated carbocycles. The van der Waals surface area contributed by atoms with Crippen molar-refractivity contribution in [3.05, 3.63) is 71.4 Å². The fourth-order valence-electron chi connectivity index (χ4n) is 3.61. The number of carbonyl (C=O) groups is 1. The summed E-state index contributed by atoms with van der Waals surface area (Å²) < 4.78 is 38.2. The van der Waals surface area contributed by atoms with Gasteiger partial charge in [-0.3, -0.25) is 4.79 Å². The number of hydrogen-bond acceptors (Lipinski definition) is 4. The summed E-state index contributed by atoms with van der Waals surface area (Å²) in [7, 11) is 0. The van der Waals surface area contributed by atoms with Crippen molar-refractivity contribution in [2.24, 2.45) is 0 Å². The molecule has 1 aliphatic rings. The van der Waals surface area contributed by atoms with Gasteiger partial charge in [-0.05, 0) is 36.4 Å². The lowest BCUT2D eigenvalue weighted by molar-refractivity contribution is -0.137. The van der Waals surface area contributed by atoms with Crippen molar-refractivity contribution in [2.75, 3.05) is 31.1 Å². The predicted octanol–water partition coefficient (Wildman–Crippen LogP) is 4.09. The van der Waals surface area contributed by atoms with E-state index in [1.807, 2.05) is 24.3 Å². The second kappa shape index (κ2) is 7.67. The van der Waals surface area contributed by atoms with Gasteiger partial charge in [-0.15, -0.1) is 0 Å². The lowest BCUT2D eigenvalue weighted by Gasteiger charge is -2.36. The second-order valence-electron chi connectivity index (χ2n) is 7.01. The number of rotatable bonds is 2. The molecule has 1 aliphatic heterocycles. The van der Waals surface area contributed by atoms with Gasteiger partial charge in [0.2, 0.25) is 0 Å². The highest BCUT2D eigenvalue weighted by molar-refractivity contribution is 5.95. The number of alkyl halides is 3. The van der Waals surface area contributed by atoms with Crippen molar-refractivity contribution < 1.29 is 18.0 Å². The lowest BCUT2D eigenvalue weighted by atomic mass is 10.1. The van der Waals surface area contributed by atoms with Crippen LogP contribution in [-0.4, -0.2) is 42.0 Å². The number of nitrogens with zero attached hydrogens (tertiary/aromatic N) is 4. The van der Waals surface area contributed by atoms with E-state index in [1.54, 1.807) is 11.0 Å². The Morgan fingerprint density at radius 2 is 1.67 bits per heavy atom. The molecular formula is C22H17F3N4O. The van der Waals surface area contributed by atoms with Gasteiger partial charge < -0.3 is 9.80 Å². The van der Waals surface area contributed by atoms with E-state index in [1.165, 1.54) is 12.1 Å². The number of para-hydroxylation sites is 1. The highest BCUT2D eigenvalue weighted by Crippen LogP contribution is 2.30. The molecule has 30 heavy (non-hydrogen) atoms. The van der Waals surface area contributed by atoms with Gasteiger partial charge >= 0.3 is 6.18 Å². The van der Waals surface area contributed by atoms with Crippen LogP contribution in [0.4, 0.5) is 18.9 Å². The number of pyridine rings is 1. The number of carbonyl (C=O) groups excluding carboxylic acids is 1. The van der Waals surface area contributed by atoms with Gasteiger partial charge in [-0.1, -0.05) is 18.2 Å². The van der Waals surface area contributed by atoms with E-state index in [4.69, 9.17) is 0 Å². The third-order valence-corrected chi connectivity index (χ3v) is 5.18. The molecular weight excluding hydrogens is 393 g/mol. The SMILES string of the molecule is N#Cc1cc(N2CCN(C(=O)c3ccc(C(F)(F)F)cc3)CC2)c2ccccc2n1. The zero-order valence-electron chi connectivity index (χ0n) is 15.9. The van der Waals surface area contributed by atoms with Gasteiger partial charge in [-0.2, -0.15) is 18.4 Å². The summed E-state index contributed by atoms with van der Waals surface area (Å²) in [4.78, 5) is 20.7. The number of nitriles is 1. The molecule has 3 aromatic rings. The third kappa shape index (κ3) is 3.79. The quantitative estimate of drug-likeness (QED) is 0.639. The van der Waals surface area contributed by atoms with Crippen molar-refractivity contribution in [3.63, 3.8) is 0 Å². The van der Waals surface area contributed by atoms with Gasteiger partial charge in [0.15, 0.2) is 0 Å². The minimum atomic E-state index is -4.43. The van der Waals surface area contributed by atoms with Crippen molar-refractivity contribution in [2.45, 2.75) is 6.18 Å². The molecule has 0 N–H and O–H groups in total. The molecule has 0 atom stereocenters. The summed E-state index contributed by atoms with van der Waals surface area (Å²) in [5.41, 5.74) is 1.40. The van der Waals surface area contributed by atoms with Crippen LogP contribution < -0.4 is 4.90 Å². The molecule has 1 amide bonds. The summed E-state index contributed by atoms with van der Waals surface area (Å²) in [6.45, 7) is 1.95. The molecule has 0 unspecified atom stereocenters. The fraction of sp³-hybridized carbons (Fsp3) is 0.227. The Kier molecular flexibility index (Phi) is 5.04. The van der Waals surface area contributed by atoms with Crippen LogP contribution in [0.25, 0.3) is 10.9 Å². The maximum absolute atomic E-state index is 12.7. The molecule has 2 heterocycles. The van der Waals surface area contributed by atoms with E-state index in [2.05, 4.69) is 16.0 Å². The average molecular weight is 410 g/mol. The standard InChI is InChI=1S/C22H17F3N4O/c23-22(24,25)16-7-5-15(6-8-16)21(30)29-11-9-28(10-12-29)20-13-17(14-26)27-19-4-2-1-3-18(19)20/h1-8,13H,9-12H2. The Morgan fingerprint density at radius 1 is 1.00 bits per heavy atom. The third-order valence-electron chi connectivity index (χ3n) is 5.18. The Hall–Kier alpha value is -3.60. The van der Waals surface area contributed by atoms with Crippen LogP contribution in [0.3, 0.4) is 0 Å². The number of halogens is 3. The molecule has 0 radical (unpaired) electrons. The lowest BCUT2D eigenvalue weighted by Crippen LogP contribution is -2.48. The molecule has 152 valence electrons. The van der Waals surface area contributed by atoms with Gasteiger partial charge in [0.25, 0.3) is 5.91 Å². The molecule has 2 aromatic carbocycles. The second-order valence-corrected chi connectivity index (χ2v) is 7.01. The minimum Gasteiger partial charge on any atom is -0.367 e. The molecule has 0 aliphatic carbocycles. The van der Waals surface area contributed by atoms with E-state index in [-0.39, 0.29) is 11.5 Å². The van der Waals surface area contributed by atoms with Crippen LogP contribution in [0, 0.1) is 11.3 Å². The molecule has 8 heteroatoms. The van der Waals surface area contributed by atoms with Gasteiger partial charge in [0, 0.05) is 42.8 Å². The summed E-state index contributed by atoms with van der Waals surface area (Å²) in [5.74, 6) is -0.291. The smallest absolute Gasteiger partial charge is 0.367 e. The number of amides is 1. The van der Waals surface area contributed by atoms with Gasteiger partial charge in [0.05, 0.1) is 11.1 Å². The number of hydrogen-bond donors (Lipinski definition) is 0. The van der Waals surface area contributed by atoms with E-state index < -0.39 is 11.7 Å². The van der Waals surface area contributed by atoms with Crippen molar-refractivity contribution in [3.8, 4) is 6.07 Å². The first-order valence-corrected chi connectivity index (χ1v) is 9.38. The predicted molar refractivity (Wildman–Crippen MR) is 106 cm³/mol. The molecule has 1 saturated heterocycles. The summed E-state index contributed by atoms with van der Waals surface area (Å²) >= 11 is 0. The Labute approximate surface area is 171 Å². The highest BCUT2D eigenvalue weighted by atomic mass is 19.4. The van der Waals surface area contributed by atoms with Crippen molar-refractivity contribution in [1.82, 2.24) is 9.88 Å². The first-order chi connectivity index (χ1) is 14.4. The minimum absolute atomic E-state index is 0.234. The molecule has 1 aromatic heterocycles. The van der Waals surface area contributed by atoms with Gasteiger partial charge in [0.1, 0.15) is 11.8 Å². The van der Waals surface area contributed by atoms with Crippen LogP contribution in [0.2, 0.25) is 0 Å². The van der Waals surface area contributed by atoms with Crippen LogP contribution in [-0.2, 0) is 6.18 Å². The zero-order chi connectivity index (χ0) is 21.3. The summed E-state index contributed by atoms with van der Waals surface area (Å²) in [6.07, 6.45) is -4.43. The Bertz CT molecular complexity index is 1130. The molecule has 0 spiro atoms. The first kappa shape index (κ1) is 19.7. The topological polar surface area (TPSA) is 60.2 Å². The maximum Gasteiger partial charge on any atom is 0.416 e. The van der Waals surface area contributed by atoms with Gasteiger partial charge in [-0.25, -0.2) is 4.98 Å². The van der Waals surface area contributed by atoms with Crippen LogP contribution in [0.1, 0.15) is 21.6 Å². The number of benzene rings is 2. The van der Waals surface area contributed by atoms with E-state index >= 15 is 0 Å². The molecule has 1 fully saturated rings. The number of anilines is 1. The number of fused-ring (bicyclic) bond motifs is 1. The number of piperazine rings is 1. The maximum atomic E-state index is 12.7. The summed E-state index contributed by atoms with van der Waals surface area (Å²) in [5, 5.41) is 10.2. The van der Waals surface area contributed by atoms with Crippen LogP contribution >= 0.6 is 0 Å². The molecule has 4 rings (SSSR count).